The largest absolute Gasteiger partial charge is 0.504 e. The minimum atomic E-state index is -0.549. The van der Waals surface area contributed by atoms with Crippen molar-refractivity contribution in [3.8, 4) is 17.2 Å². The number of Topliss-reactive ketones (excluding diaryl/α,β-unsaturated/α-hetero) is 1. The van der Waals surface area contributed by atoms with Gasteiger partial charge in [-0.05, 0) is 49.6 Å². The van der Waals surface area contributed by atoms with Gasteiger partial charge in [-0.15, -0.1) is 0 Å². The maximum Gasteiger partial charge on any atom is 0.297 e. The Morgan fingerprint density at radius 3 is 2.67 bits per heavy atom. The molecular formula is C24H24N2O7. The Kier molecular flexibility index (Phi) is 6.04. The Morgan fingerprint density at radius 2 is 1.97 bits per heavy atom. The molecule has 1 N–H and O–H groups in total. The van der Waals surface area contributed by atoms with Crippen molar-refractivity contribution in [2.45, 2.75) is 38.5 Å². The number of nitrogens with zero attached hydrogens (tertiary/aromatic N) is 2. The van der Waals surface area contributed by atoms with Crippen LogP contribution in [0, 0.1) is 10.1 Å². The first kappa shape index (κ1) is 22.3. The number of methoxy groups -OCH3 is 1. The average molecular weight is 452 g/mol. The second-order valence-electron chi connectivity index (χ2n) is 7.89. The van der Waals surface area contributed by atoms with Crippen LogP contribution < -0.4 is 14.4 Å². The second-order valence-corrected chi connectivity index (χ2v) is 7.89. The Balaban J connectivity index is 1.87. The van der Waals surface area contributed by atoms with Crippen molar-refractivity contribution in [2.24, 2.45) is 0 Å². The molecule has 0 saturated carbocycles. The van der Waals surface area contributed by atoms with Crippen LogP contribution in [0.5, 0.6) is 17.2 Å². The number of rotatable bonds is 6. The highest BCUT2D eigenvalue weighted by atomic mass is 16.6. The summed E-state index contributed by atoms with van der Waals surface area (Å²) in [6.45, 7) is 2.12. The van der Waals surface area contributed by atoms with E-state index in [1.807, 2.05) is 0 Å². The highest BCUT2D eigenvalue weighted by molar-refractivity contribution is 6.08. The van der Waals surface area contributed by atoms with Gasteiger partial charge < -0.3 is 14.6 Å². The summed E-state index contributed by atoms with van der Waals surface area (Å²) in [5.41, 5.74) is 1.51. The van der Waals surface area contributed by atoms with E-state index in [1.165, 1.54) is 30.2 Å². The van der Waals surface area contributed by atoms with Crippen molar-refractivity contribution in [3.63, 3.8) is 0 Å². The molecule has 1 unspecified atom stereocenters. The average Bonchev–Trinajstić information content (AvgIpc) is 2.79. The molecule has 9 nitrogen and oxygen atoms in total. The van der Waals surface area contributed by atoms with Crippen LogP contribution >= 0.6 is 0 Å². The molecular weight excluding hydrogens is 428 g/mol. The molecule has 1 heterocycles. The van der Waals surface area contributed by atoms with E-state index in [0.29, 0.717) is 48.5 Å². The number of ether oxygens (including phenoxy) is 2. The van der Waals surface area contributed by atoms with Crippen molar-refractivity contribution >= 4 is 23.1 Å². The van der Waals surface area contributed by atoms with Crippen LogP contribution in [0.25, 0.3) is 0 Å². The zero-order valence-corrected chi connectivity index (χ0v) is 18.4. The van der Waals surface area contributed by atoms with Gasteiger partial charge in [0.05, 0.1) is 24.7 Å². The van der Waals surface area contributed by atoms with Crippen LogP contribution in [0.2, 0.25) is 0 Å². The smallest absolute Gasteiger partial charge is 0.297 e. The minimum Gasteiger partial charge on any atom is -0.504 e. The maximum absolute atomic E-state index is 13.4. The number of phenols is 1. The molecule has 0 bridgehead atoms. The standard InChI is InChI=1S/C24H24N2O7/c1-3-33-15-8-9-17(19(12-15)26(30)31)25-18-5-4-6-21(28)24(18)16(13-23(25)29)14-7-10-20(27)22(11-14)32-2/h7-12,16,27H,3-6,13H2,1-2H3. The number of phenolic OH excluding ortho intramolecular Hbond substituents is 1. The Hall–Kier alpha value is -3.88. The molecule has 2 aliphatic rings. The predicted molar refractivity (Wildman–Crippen MR) is 120 cm³/mol. The molecule has 4 rings (SSSR count). The lowest BCUT2D eigenvalue weighted by atomic mass is 9.77. The molecule has 1 aliphatic carbocycles. The number of carbonyl (C=O) groups is 2. The van der Waals surface area contributed by atoms with Gasteiger partial charge >= 0.3 is 0 Å². The van der Waals surface area contributed by atoms with Crippen molar-refractivity contribution in [1.82, 2.24) is 0 Å². The topological polar surface area (TPSA) is 119 Å². The molecule has 9 heteroatoms. The number of allylic oxidation sites excluding steroid dienone is 2. The molecule has 1 atom stereocenters. The van der Waals surface area contributed by atoms with E-state index in [4.69, 9.17) is 9.47 Å². The molecule has 0 fully saturated rings. The first-order chi connectivity index (χ1) is 15.8. The van der Waals surface area contributed by atoms with E-state index in [2.05, 4.69) is 0 Å². The van der Waals surface area contributed by atoms with E-state index >= 15 is 0 Å². The monoisotopic (exact) mass is 452 g/mol. The summed E-state index contributed by atoms with van der Waals surface area (Å²) in [5.74, 6) is -0.408. The van der Waals surface area contributed by atoms with Crippen LogP contribution in [0.4, 0.5) is 11.4 Å². The number of nitro benzene ring substituents is 1. The fourth-order valence-electron chi connectivity index (χ4n) is 4.56. The number of hydrogen-bond acceptors (Lipinski definition) is 7. The van der Waals surface area contributed by atoms with Crippen molar-refractivity contribution in [3.05, 3.63) is 63.3 Å². The first-order valence-corrected chi connectivity index (χ1v) is 10.7. The normalized spacial score (nSPS) is 18.2. The third-order valence-corrected chi connectivity index (χ3v) is 5.98. The first-order valence-electron chi connectivity index (χ1n) is 10.7. The minimum absolute atomic E-state index is 0.0388. The molecule has 0 aromatic heterocycles. The Bertz CT molecular complexity index is 1170. The fourth-order valence-corrected chi connectivity index (χ4v) is 4.56. The van der Waals surface area contributed by atoms with Crippen molar-refractivity contribution < 1.29 is 29.1 Å². The lowest BCUT2D eigenvalue weighted by Gasteiger charge is -2.38. The molecule has 33 heavy (non-hydrogen) atoms. The van der Waals surface area contributed by atoms with E-state index in [-0.39, 0.29) is 41.0 Å². The zero-order chi connectivity index (χ0) is 23.7. The van der Waals surface area contributed by atoms with E-state index < -0.39 is 10.8 Å². The van der Waals surface area contributed by atoms with Gasteiger partial charge in [0, 0.05) is 30.0 Å². The predicted octanol–water partition coefficient (Wildman–Crippen LogP) is 4.24. The fraction of sp³-hybridized carbons (Fsp3) is 0.333. The number of aromatic hydroxyl groups is 1. The highest BCUT2D eigenvalue weighted by Gasteiger charge is 2.41. The molecule has 1 amide bonds. The third kappa shape index (κ3) is 4.02. The molecule has 0 spiro atoms. The van der Waals surface area contributed by atoms with E-state index in [0.717, 1.165) is 0 Å². The molecule has 172 valence electrons. The summed E-state index contributed by atoms with van der Waals surface area (Å²) in [5, 5.41) is 21.8. The summed E-state index contributed by atoms with van der Waals surface area (Å²) in [6.07, 6.45) is 1.31. The lowest BCUT2D eigenvalue weighted by Crippen LogP contribution is -2.40. The number of hydrogen-bond donors (Lipinski definition) is 1. The second kappa shape index (κ2) is 8.93. The van der Waals surface area contributed by atoms with Crippen LogP contribution in [0.3, 0.4) is 0 Å². The van der Waals surface area contributed by atoms with Gasteiger partial charge in [-0.1, -0.05) is 6.07 Å². The van der Waals surface area contributed by atoms with E-state index in [1.54, 1.807) is 25.1 Å². The quantitative estimate of drug-likeness (QED) is 0.514. The van der Waals surface area contributed by atoms with E-state index in [9.17, 15) is 24.8 Å². The number of ketones is 1. The van der Waals surface area contributed by atoms with Crippen LogP contribution in [-0.4, -0.2) is 35.4 Å². The van der Waals surface area contributed by atoms with Crippen molar-refractivity contribution in [2.75, 3.05) is 18.6 Å². The van der Waals surface area contributed by atoms with Gasteiger partial charge in [-0.2, -0.15) is 0 Å². The number of benzene rings is 2. The van der Waals surface area contributed by atoms with Gasteiger partial charge in [-0.25, -0.2) is 0 Å². The van der Waals surface area contributed by atoms with Crippen LogP contribution in [0.1, 0.15) is 44.1 Å². The maximum atomic E-state index is 13.4. The highest BCUT2D eigenvalue weighted by Crippen LogP contribution is 2.46. The Labute approximate surface area is 190 Å². The third-order valence-electron chi connectivity index (χ3n) is 5.98. The molecule has 1 aliphatic heterocycles. The molecule has 2 aromatic rings. The zero-order valence-electron chi connectivity index (χ0n) is 18.4. The summed E-state index contributed by atoms with van der Waals surface area (Å²) >= 11 is 0. The van der Waals surface area contributed by atoms with Crippen LogP contribution in [-0.2, 0) is 9.59 Å². The summed E-state index contributed by atoms with van der Waals surface area (Å²) < 4.78 is 10.6. The summed E-state index contributed by atoms with van der Waals surface area (Å²) in [7, 11) is 1.42. The van der Waals surface area contributed by atoms with Gasteiger partial charge in [0.25, 0.3) is 5.69 Å². The number of carbonyl (C=O) groups excluding carboxylic acids is 2. The Morgan fingerprint density at radius 1 is 1.18 bits per heavy atom. The lowest BCUT2D eigenvalue weighted by molar-refractivity contribution is -0.384. The van der Waals surface area contributed by atoms with Gasteiger partial charge in [0.15, 0.2) is 17.3 Å². The number of anilines is 1. The molecule has 2 aromatic carbocycles. The van der Waals surface area contributed by atoms with Gasteiger partial charge in [-0.3, -0.25) is 24.6 Å². The summed E-state index contributed by atoms with van der Waals surface area (Å²) in [6, 6.07) is 9.13. The van der Waals surface area contributed by atoms with Gasteiger partial charge in [0.2, 0.25) is 5.91 Å². The SMILES string of the molecule is CCOc1ccc(N2C(=O)CC(c3ccc(O)c(OC)c3)C3=C2CCCC3=O)c([N+](=O)[O-])c1. The number of nitro groups is 1. The van der Waals surface area contributed by atoms with Gasteiger partial charge in [0.1, 0.15) is 11.4 Å². The molecule has 0 radical (unpaired) electrons. The van der Waals surface area contributed by atoms with Crippen molar-refractivity contribution in [1.29, 1.82) is 0 Å². The van der Waals surface area contributed by atoms with Crippen LogP contribution in [0.15, 0.2) is 47.7 Å². The number of amides is 1. The molecule has 0 saturated heterocycles. The summed E-state index contributed by atoms with van der Waals surface area (Å²) in [4.78, 5) is 39.0.